The van der Waals surface area contributed by atoms with Crippen LogP contribution in [0.3, 0.4) is 0 Å². The average Bonchev–Trinajstić information content (AvgIpc) is 3.19. The number of benzene rings is 2. The molecule has 0 fully saturated rings. The van der Waals surface area contributed by atoms with Crippen LogP contribution in [0.4, 0.5) is 0 Å². The summed E-state index contributed by atoms with van der Waals surface area (Å²) < 4.78 is 2.02. The summed E-state index contributed by atoms with van der Waals surface area (Å²) in [5.41, 5.74) is 2.66. The van der Waals surface area contributed by atoms with Crippen molar-refractivity contribution < 1.29 is 14.7 Å². The van der Waals surface area contributed by atoms with Crippen molar-refractivity contribution in [2.24, 2.45) is 0 Å². The number of hydrogen-bond acceptors (Lipinski definition) is 4. The fourth-order valence-corrected chi connectivity index (χ4v) is 3.94. The molecule has 1 aromatic heterocycles. The first-order valence-corrected chi connectivity index (χ1v) is 10.2. The van der Waals surface area contributed by atoms with Gasteiger partial charge in [0.05, 0.1) is 41.4 Å². The highest BCUT2D eigenvalue weighted by molar-refractivity contribution is 6.21. The van der Waals surface area contributed by atoms with Crippen molar-refractivity contribution in [2.75, 3.05) is 6.54 Å². The minimum absolute atomic E-state index is 0.0345. The van der Waals surface area contributed by atoms with E-state index in [9.17, 15) is 14.7 Å². The molecule has 1 aliphatic rings. The van der Waals surface area contributed by atoms with Crippen molar-refractivity contribution in [1.29, 1.82) is 0 Å². The van der Waals surface area contributed by atoms with E-state index in [1.54, 1.807) is 24.3 Å². The van der Waals surface area contributed by atoms with E-state index in [4.69, 9.17) is 4.98 Å². The minimum Gasteiger partial charge on any atom is -0.389 e. The summed E-state index contributed by atoms with van der Waals surface area (Å²) >= 11 is 0. The van der Waals surface area contributed by atoms with Gasteiger partial charge in [0.1, 0.15) is 5.82 Å². The van der Waals surface area contributed by atoms with Gasteiger partial charge in [-0.3, -0.25) is 14.5 Å². The Morgan fingerprint density at radius 2 is 1.59 bits per heavy atom. The number of unbranched alkanes of at least 4 members (excludes halogenated alkanes) is 2. The minimum atomic E-state index is -0.875. The number of aromatic nitrogens is 2. The predicted molar refractivity (Wildman–Crippen MR) is 111 cm³/mol. The molecule has 1 atom stereocenters. The quantitative estimate of drug-likeness (QED) is 0.472. The predicted octanol–water partition coefficient (Wildman–Crippen LogP) is 3.43. The maximum Gasteiger partial charge on any atom is 0.261 e. The van der Waals surface area contributed by atoms with Crippen molar-refractivity contribution >= 4 is 22.8 Å². The lowest BCUT2D eigenvalue weighted by Crippen LogP contribution is -2.38. The zero-order chi connectivity index (χ0) is 20.4. The molecule has 1 unspecified atom stereocenters. The molecule has 0 saturated heterocycles. The maximum absolute atomic E-state index is 12.6. The van der Waals surface area contributed by atoms with E-state index in [1.807, 2.05) is 28.8 Å². The Labute approximate surface area is 169 Å². The van der Waals surface area contributed by atoms with Crippen LogP contribution in [-0.4, -0.2) is 44.0 Å². The molecule has 1 N–H and O–H groups in total. The number of aliphatic hydroxyl groups is 1. The molecule has 2 heterocycles. The first-order valence-electron chi connectivity index (χ1n) is 10.2. The van der Waals surface area contributed by atoms with Crippen LogP contribution in [0.25, 0.3) is 11.0 Å². The van der Waals surface area contributed by atoms with E-state index in [-0.39, 0.29) is 24.9 Å². The van der Waals surface area contributed by atoms with Crippen molar-refractivity contribution in [1.82, 2.24) is 14.5 Å². The highest BCUT2D eigenvalue weighted by atomic mass is 16.3. The second kappa shape index (κ2) is 8.17. The number of nitrogens with zero attached hydrogens (tertiary/aromatic N) is 3. The van der Waals surface area contributed by atoms with E-state index in [0.29, 0.717) is 11.1 Å². The van der Waals surface area contributed by atoms with Crippen molar-refractivity contribution in [3.63, 3.8) is 0 Å². The molecule has 1 aliphatic heterocycles. The second-order valence-corrected chi connectivity index (χ2v) is 7.50. The summed E-state index contributed by atoms with van der Waals surface area (Å²) in [6.07, 6.45) is 3.25. The van der Waals surface area contributed by atoms with E-state index in [1.165, 1.54) is 0 Å². The third kappa shape index (κ3) is 3.68. The van der Waals surface area contributed by atoms with Gasteiger partial charge in [-0.1, -0.05) is 44.0 Å². The standard InChI is InChI=1S/C23H25N3O3/c1-2-3-4-13-21-24-19-11-7-8-12-20(19)25(21)14-16(27)15-26-22(28)17-9-5-6-10-18(17)23(26)29/h5-12,16,27H,2-4,13-15H2,1H3. The summed E-state index contributed by atoms with van der Waals surface area (Å²) in [5, 5.41) is 10.8. The number of β-amino-alcohol motifs (C(OH)–C–C–N with tert-alkyl or cyclic N) is 1. The van der Waals surface area contributed by atoms with Gasteiger partial charge in [-0.05, 0) is 30.7 Å². The van der Waals surface area contributed by atoms with Crippen LogP contribution in [0.1, 0.15) is 52.7 Å². The van der Waals surface area contributed by atoms with Gasteiger partial charge in [0, 0.05) is 6.42 Å². The lowest BCUT2D eigenvalue weighted by molar-refractivity contribution is 0.0521. The maximum atomic E-state index is 12.6. The lowest BCUT2D eigenvalue weighted by atomic mass is 10.1. The monoisotopic (exact) mass is 391 g/mol. The normalized spacial score (nSPS) is 14.6. The van der Waals surface area contributed by atoms with Gasteiger partial charge < -0.3 is 9.67 Å². The molecule has 2 amide bonds. The molecule has 3 aromatic rings. The second-order valence-electron chi connectivity index (χ2n) is 7.50. The Balaban J connectivity index is 1.53. The van der Waals surface area contributed by atoms with Gasteiger partial charge in [0.25, 0.3) is 11.8 Å². The van der Waals surface area contributed by atoms with Crippen molar-refractivity contribution in [3.05, 3.63) is 65.5 Å². The summed E-state index contributed by atoms with van der Waals surface area (Å²) in [6.45, 7) is 2.41. The first kappa shape index (κ1) is 19.3. The van der Waals surface area contributed by atoms with Gasteiger partial charge >= 0.3 is 0 Å². The highest BCUT2D eigenvalue weighted by Gasteiger charge is 2.36. The summed E-state index contributed by atoms with van der Waals surface area (Å²) in [7, 11) is 0. The number of aliphatic hydroxyl groups excluding tert-OH is 1. The third-order valence-corrected chi connectivity index (χ3v) is 5.40. The number of amides is 2. The number of para-hydroxylation sites is 2. The molecule has 29 heavy (non-hydrogen) atoms. The molecule has 4 rings (SSSR count). The summed E-state index contributed by atoms with van der Waals surface area (Å²) in [5.74, 6) is 0.243. The van der Waals surface area contributed by atoms with Crippen molar-refractivity contribution in [3.8, 4) is 0 Å². The molecule has 0 spiro atoms. The Morgan fingerprint density at radius 3 is 2.28 bits per heavy atom. The number of imide groups is 1. The Morgan fingerprint density at radius 1 is 0.931 bits per heavy atom. The van der Waals surface area contributed by atoms with Gasteiger partial charge in [0.15, 0.2) is 0 Å². The van der Waals surface area contributed by atoms with E-state index in [2.05, 4.69) is 6.92 Å². The molecule has 0 radical (unpaired) electrons. The van der Waals surface area contributed by atoms with E-state index in [0.717, 1.165) is 47.4 Å². The number of aryl methyl sites for hydroxylation is 1. The van der Waals surface area contributed by atoms with E-state index >= 15 is 0 Å². The Bertz CT molecular complexity index is 1020. The molecule has 2 aromatic carbocycles. The fourth-order valence-electron chi connectivity index (χ4n) is 3.94. The number of rotatable bonds is 8. The largest absolute Gasteiger partial charge is 0.389 e. The van der Waals surface area contributed by atoms with E-state index < -0.39 is 6.10 Å². The van der Waals surface area contributed by atoms with Crippen LogP contribution >= 0.6 is 0 Å². The number of hydrogen-bond donors (Lipinski definition) is 1. The van der Waals surface area contributed by atoms with Gasteiger partial charge in [-0.25, -0.2) is 4.98 Å². The number of carbonyl (C=O) groups excluding carboxylic acids is 2. The van der Waals surface area contributed by atoms with Crippen LogP contribution in [0.2, 0.25) is 0 Å². The molecule has 6 heteroatoms. The lowest BCUT2D eigenvalue weighted by Gasteiger charge is -2.20. The number of carbonyl (C=O) groups is 2. The van der Waals surface area contributed by atoms with Crippen LogP contribution in [0.5, 0.6) is 0 Å². The fraction of sp³-hybridized carbons (Fsp3) is 0.348. The van der Waals surface area contributed by atoms with Crippen LogP contribution in [-0.2, 0) is 13.0 Å². The third-order valence-electron chi connectivity index (χ3n) is 5.40. The van der Waals surface area contributed by atoms with Crippen molar-refractivity contribution in [2.45, 2.75) is 45.3 Å². The summed E-state index contributed by atoms with van der Waals surface area (Å²) in [4.78, 5) is 31.0. The molecular formula is C23H25N3O3. The zero-order valence-electron chi connectivity index (χ0n) is 16.5. The molecule has 0 bridgehead atoms. The molecular weight excluding hydrogens is 366 g/mol. The average molecular weight is 391 g/mol. The first-order chi connectivity index (χ1) is 14.1. The van der Waals surface area contributed by atoms with Crippen LogP contribution < -0.4 is 0 Å². The van der Waals surface area contributed by atoms with Crippen LogP contribution in [0, 0.1) is 0 Å². The zero-order valence-corrected chi connectivity index (χ0v) is 16.5. The van der Waals surface area contributed by atoms with Gasteiger partial charge in [0.2, 0.25) is 0 Å². The van der Waals surface area contributed by atoms with Gasteiger partial charge in [-0.15, -0.1) is 0 Å². The number of imidazole rings is 1. The smallest absolute Gasteiger partial charge is 0.261 e. The Hall–Kier alpha value is -2.99. The molecule has 0 aliphatic carbocycles. The molecule has 150 valence electrons. The Kier molecular flexibility index (Phi) is 5.45. The number of fused-ring (bicyclic) bond motifs is 2. The molecule has 6 nitrogen and oxygen atoms in total. The highest BCUT2D eigenvalue weighted by Crippen LogP contribution is 2.23. The van der Waals surface area contributed by atoms with Gasteiger partial charge in [-0.2, -0.15) is 0 Å². The van der Waals surface area contributed by atoms with Crippen LogP contribution in [0.15, 0.2) is 48.5 Å². The molecule has 0 saturated carbocycles. The SMILES string of the molecule is CCCCCc1nc2ccccc2n1CC(O)CN1C(=O)c2ccccc2C1=O. The summed E-state index contributed by atoms with van der Waals surface area (Å²) in [6, 6.07) is 14.6. The topological polar surface area (TPSA) is 75.4 Å².